The molecule has 6 heteroatoms. The zero-order chi connectivity index (χ0) is 13.9. The number of aromatic nitrogens is 1. The van der Waals surface area contributed by atoms with Crippen molar-refractivity contribution in [2.75, 3.05) is 5.73 Å². The van der Waals surface area contributed by atoms with Crippen molar-refractivity contribution in [2.45, 2.75) is 39.3 Å². The quantitative estimate of drug-likeness (QED) is 0.634. The number of H-pyrrole nitrogens is 1. The van der Waals surface area contributed by atoms with E-state index in [1.165, 1.54) is 12.3 Å². The summed E-state index contributed by atoms with van der Waals surface area (Å²) < 4.78 is 0. The standard InChI is InChI=1S/C12H20N4O2/c1-7(10(17)16-12(2,3)4)15-11(18)9-5-8(13)6-14-9/h5-7,14H,13H2,1-4H3,(H,15,18)(H,16,17). The van der Waals surface area contributed by atoms with Crippen LogP contribution in [-0.2, 0) is 4.79 Å². The van der Waals surface area contributed by atoms with Gasteiger partial charge < -0.3 is 21.4 Å². The zero-order valence-electron chi connectivity index (χ0n) is 11.1. The predicted molar refractivity (Wildman–Crippen MR) is 70.0 cm³/mol. The Morgan fingerprint density at radius 2 is 2.00 bits per heavy atom. The van der Waals surface area contributed by atoms with Gasteiger partial charge in [-0.3, -0.25) is 9.59 Å². The van der Waals surface area contributed by atoms with Gasteiger partial charge in [0.25, 0.3) is 5.91 Å². The third kappa shape index (κ3) is 4.12. The van der Waals surface area contributed by atoms with Gasteiger partial charge in [-0.25, -0.2) is 0 Å². The van der Waals surface area contributed by atoms with Crippen LogP contribution in [0.4, 0.5) is 5.69 Å². The van der Waals surface area contributed by atoms with Crippen molar-refractivity contribution in [1.29, 1.82) is 0 Å². The normalized spacial score (nSPS) is 12.9. The number of carbonyl (C=O) groups is 2. The molecular formula is C12H20N4O2. The molecule has 1 rings (SSSR count). The van der Waals surface area contributed by atoms with Crippen molar-refractivity contribution in [1.82, 2.24) is 15.6 Å². The lowest BCUT2D eigenvalue weighted by atomic mass is 10.1. The summed E-state index contributed by atoms with van der Waals surface area (Å²) in [6.07, 6.45) is 1.52. The van der Waals surface area contributed by atoms with Gasteiger partial charge in [0.15, 0.2) is 0 Å². The number of anilines is 1. The van der Waals surface area contributed by atoms with Crippen LogP contribution in [0.1, 0.15) is 38.2 Å². The molecule has 0 saturated carbocycles. The van der Waals surface area contributed by atoms with Gasteiger partial charge in [-0.1, -0.05) is 0 Å². The fourth-order valence-electron chi connectivity index (χ4n) is 1.36. The van der Waals surface area contributed by atoms with E-state index in [0.29, 0.717) is 11.4 Å². The van der Waals surface area contributed by atoms with Crippen LogP contribution in [0, 0.1) is 0 Å². The molecule has 0 bridgehead atoms. The van der Waals surface area contributed by atoms with Crippen LogP contribution in [0.15, 0.2) is 12.3 Å². The van der Waals surface area contributed by atoms with Crippen LogP contribution in [-0.4, -0.2) is 28.4 Å². The SMILES string of the molecule is CC(NC(=O)c1cc(N)c[nH]1)C(=O)NC(C)(C)C. The lowest BCUT2D eigenvalue weighted by Crippen LogP contribution is -2.50. The molecule has 5 N–H and O–H groups in total. The number of nitrogens with two attached hydrogens (primary N) is 1. The van der Waals surface area contributed by atoms with Crippen molar-refractivity contribution in [3.05, 3.63) is 18.0 Å². The number of aromatic amines is 1. The molecule has 0 aliphatic heterocycles. The number of nitrogen functional groups attached to an aromatic ring is 1. The van der Waals surface area contributed by atoms with Crippen molar-refractivity contribution in [3.63, 3.8) is 0 Å². The lowest BCUT2D eigenvalue weighted by Gasteiger charge is -2.23. The van der Waals surface area contributed by atoms with Crippen LogP contribution >= 0.6 is 0 Å². The van der Waals surface area contributed by atoms with E-state index in [1.807, 2.05) is 20.8 Å². The lowest BCUT2D eigenvalue weighted by molar-refractivity contribution is -0.124. The summed E-state index contributed by atoms with van der Waals surface area (Å²) in [6, 6.07) is 0.908. The maximum Gasteiger partial charge on any atom is 0.268 e. The molecule has 0 fully saturated rings. The molecule has 0 radical (unpaired) electrons. The number of hydrogen-bond acceptors (Lipinski definition) is 3. The van der Waals surface area contributed by atoms with Gasteiger partial charge in [0.1, 0.15) is 11.7 Å². The van der Waals surface area contributed by atoms with Gasteiger partial charge in [-0.15, -0.1) is 0 Å². The number of amides is 2. The Morgan fingerprint density at radius 1 is 1.39 bits per heavy atom. The van der Waals surface area contributed by atoms with Crippen molar-refractivity contribution in [2.24, 2.45) is 0 Å². The molecule has 0 saturated heterocycles. The summed E-state index contributed by atoms with van der Waals surface area (Å²) >= 11 is 0. The van der Waals surface area contributed by atoms with Gasteiger partial charge in [-0.2, -0.15) is 0 Å². The average molecular weight is 252 g/mol. The first kappa shape index (κ1) is 14.1. The fourth-order valence-corrected chi connectivity index (χ4v) is 1.36. The van der Waals surface area contributed by atoms with Crippen molar-refractivity contribution in [3.8, 4) is 0 Å². The highest BCUT2D eigenvalue weighted by atomic mass is 16.2. The highest BCUT2D eigenvalue weighted by Gasteiger charge is 2.21. The Bertz CT molecular complexity index is 445. The van der Waals surface area contributed by atoms with Gasteiger partial charge in [0, 0.05) is 17.4 Å². The van der Waals surface area contributed by atoms with Gasteiger partial charge in [0.05, 0.1) is 0 Å². The maximum absolute atomic E-state index is 11.8. The molecule has 0 aliphatic carbocycles. The summed E-state index contributed by atoms with van der Waals surface area (Å²) in [5, 5.41) is 5.39. The molecule has 100 valence electrons. The summed E-state index contributed by atoms with van der Waals surface area (Å²) in [4.78, 5) is 26.3. The molecule has 6 nitrogen and oxygen atoms in total. The summed E-state index contributed by atoms with van der Waals surface area (Å²) in [5.41, 5.74) is 5.99. The Morgan fingerprint density at radius 3 is 2.44 bits per heavy atom. The van der Waals surface area contributed by atoms with Crippen LogP contribution in [0.5, 0.6) is 0 Å². The van der Waals surface area contributed by atoms with Crippen molar-refractivity contribution >= 4 is 17.5 Å². The average Bonchev–Trinajstić information content (AvgIpc) is 2.62. The Hall–Kier alpha value is -1.98. The summed E-state index contributed by atoms with van der Waals surface area (Å²) in [5.74, 6) is -0.585. The fraction of sp³-hybridized carbons (Fsp3) is 0.500. The van der Waals surface area contributed by atoms with E-state index in [-0.39, 0.29) is 17.4 Å². The molecule has 1 atom stereocenters. The van der Waals surface area contributed by atoms with Crippen LogP contribution in [0.2, 0.25) is 0 Å². The first-order valence-corrected chi connectivity index (χ1v) is 5.76. The molecule has 1 aromatic heterocycles. The molecular weight excluding hydrogens is 232 g/mol. The number of nitrogens with one attached hydrogen (secondary N) is 3. The van der Waals surface area contributed by atoms with E-state index in [1.54, 1.807) is 6.92 Å². The zero-order valence-corrected chi connectivity index (χ0v) is 11.1. The van der Waals surface area contributed by atoms with Crippen LogP contribution in [0.3, 0.4) is 0 Å². The largest absolute Gasteiger partial charge is 0.397 e. The molecule has 0 aromatic carbocycles. The monoisotopic (exact) mass is 252 g/mol. The maximum atomic E-state index is 11.8. The minimum Gasteiger partial charge on any atom is -0.397 e. The molecule has 1 heterocycles. The molecule has 1 unspecified atom stereocenters. The minimum absolute atomic E-state index is 0.227. The molecule has 1 aromatic rings. The topological polar surface area (TPSA) is 100 Å². The highest BCUT2D eigenvalue weighted by Crippen LogP contribution is 2.05. The number of carbonyl (C=O) groups excluding carboxylic acids is 2. The van der Waals surface area contributed by atoms with E-state index in [4.69, 9.17) is 5.73 Å². The first-order valence-electron chi connectivity index (χ1n) is 5.76. The second kappa shape index (κ2) is 5.12. The first-order chi connectivity index (χ1) is 8.19. The molecule has 0 aliphatic rings. The smallest absolute Gasteiger partial charge is 0.268 e. The second-order valence-corrected chi connectivity index (χ2v) is 5.28. The van der Waals surface area contributed by atoms with Crippen LogP contribution < -0.4 is 16.4 Å². The van der Waals surface area contributed by atoms with E-state index in [2.05, 4.69) is 15.6 Å². The number of rotatable bonds is 3. The second-order valence-electron chi connectivity index (χ2n) is 5.28. The third-order valence-electron chi connectivity index (χ3n) is 2.19. The van der Waals surface area contributed by atoms with E-state index in [9.17, 15) is 9.59 Å². The molecule has 18 heavy (non-hydrogen) atoms. The van der Waals surface area contributed by atoms with E-state index in [0.717, 1.165) is 0 Å². The van der Waals surface area contributed by atoms with Gasteiger partial charge in [0.2, 0.25) is 5.91 Å². The highest BCUT2D eigenvalue weighted by molar-refractivity contribution is 5.96. The van der Waals surface area contributed by atoms with Gasteiger partial charge in [-0.05, 0) is 33.8 Å². The molecule has 0 spiro atoms. The number of hydrogen-bond donors (Lipinski definition) is 4. The summed E-state index contributed by atoms with van der Waals surface area (Å²) in [7, 11) is 0. The minimum atomic E-state index is -0.610. The summed E-state index contributed by atoms with van der Waals surface area (Å²) in [6.45, 7) is 7.27. The van der Waals surface area contributed by atoms with Gasteiger partial charge >= 0.3 is 0 Å². The van der Waals surface area contributed by atoms with Crippen LogP contribution in [0.25, 0.3) is 0 Å². The Balaban J connectivity index is 2.57. The molecule has 2 amide bonds. The Kier molecular flexibility index (Phi) is 4.00. The third-order valence-corrected chi connectivity index (χ3v) is 2.19. The Labute approximate surface area is 106 Å². The van der Waals surface area contributed by atoms with E-state index < -0.39 is 6.04 Å². The van der Waals surface area contributed by atoms with E-state index >= 15 is 0 Å². The predicted octanol–water partition coefficient (Wildman–Crippen LogP) is 0.630. The van der Waals surface area contributed by atoms with Crippen molar-refractivity contribution < 1.29 is 9.59 Å².